The number of hydrogen-bond acceptors (Lipinski definition) is 3. The van der Waals surface area contributed by atoms with E-state index in [1.165, 1.54) is 5.20 Å². The SMILES string of the molecule is C=C(C[C@H](O)[C@H](CCC)OCOC)[Si](C)(C)C. The summed E-state index contributed by atoms with van der Waals surface area (Å²) >= 11 is 0. The number of ether oxygens (including phenoxy) is 2. The van der Waals surface area contributed by atoms with E-state index in [1.807, 2.05) is 0 Å². The standard InChI is InChI=1S/C13H28O3Si/c1-7-8-13(16-10-15-3)12(14)9-11(2)17(4,5)6/h12-14H,2,7-10H2,1,3-6H3/t12-,13-/m0/s1. The molecule has 0 rings (SSSR count). The summed E-state index contributed by atoms with van der Waals surface area (Å²) in [6.07, 6.45) is 1.87. The molecule has 0 radical (unpaired) electrons. The van der Waals surface area contributed by atoms with Gasteiger partial charge in [0.2, 0.25) is 0 Å². The monoisotopic (exact) mass is 260 g/mol. The van der Waals surface area contributed by atoms with E-state index in [9.17, 15) is 5.11 Å². The molecule has 0 bridgehead atoms. The van der Waals surface area contributed by atoms with Gasteiger partial charge in [0.15, 0.2) is 0 Å². The molecular weight excluding hydrogens is 232 g/mol. The van der Waals surface area contributed by atoms with Crippen LogP contribution >= 0.6 is 0 Å². The van der Waals surface area contributed by atoms with Crippen LogP contribution in [0.15, 0.2) is 11.8 Å². The van der Waals surface area contributed by atoms with E-state index in [1.54, 1.807) is 7.11 Å². The lowest BCUT2D eigenvalue weighted by Gasteiger charge is -2.27. The van der Waals surface area contributed by atoms with Crippen LogP contribution in [0.5, 0.6) is 0 Å². The van der Waals surface area contributed by atoms with Gasteiger partial charge in [0.1, 0.15) is 6.79 Å². The lowest BCUT2D eigenvalue weighted by molar-refractivity contribution is -0.114. The molecule has 0 unspecified atom stereocenters. The lowest BCUT2D eigenvalue weighted by Crippen LogP contribution is -2.34. The van der Waals surface area contributed by atoms with Crippen molar-refractivity contribution in [2.75, 3.05) is 13.9 Å². The number of rotatable bonds is 9. The van der Waals surface area contributed by atoms with E-state index in [0.717, 1.165) is 12.8 Å². The predicted molar refractivity (Wildman–Crippen MR) is 74.8 cm³/mol. The van der Waals surface area contributed by atoms with Gasteiger partial charge in [-0.05, 0) is 12.8 Å². The average Bonchev–Trinajstić information content (AvgIpc) is 2.22. The Balaban J connectivity index is 4.30. The Bertz CT molecular complexity index is 223. The van der Waals surface area contributed by atoms with Crippen molar-refractivity contribution in [1.29, 1.82) is 0 Å². The van der Waals surface area contributed by atoms with Gasteiger partial charge in [0.05, 0.1) is 20.3 Å². The molecule has 2 atom stereocenters. The van der Waals surface area contributed by atoms with Crippen molar-refractivity contribution in [2.24, 2.45) is 0 Å². The molecule has 0 heterocycles. The molecule has 0 aliphatic heterocycles. The van der Waals surface area contributed by atoms with E-state index in [4.69, 9.17) is 9.47 Å². The minimum Gasteiger partial charge on any atom is -0.390 e. The molecule has 0 saturated carbocycles. The molecule has 4 heteroatoms. The van der Waals surface area contributed by atoms with E-state index in [2.05, 4.69) is 33.1 Å². The number of aliphatic hydroxyl groups is 1. The van der Waals surface area contributed by atoms with Crippen molar-refractivity contribution in [3.05, 3.63) is 11.8 Å². The van der Waals surface area contributed by atoms with Crippen LogP contribution in [0.2, 0.25) is 19.6 Å². The van der Waals surface area contributed by atoms with Gasteiger partial charge in [-0.3, -0.25) is 0 Å². The van der Waals surface area contributed by atoms with Gasteiger partial charge in [-0.2, -0.15) is 0 Å². The van der Waals surface area contributed by atoms with Crippen LogP contribution in [0, 0.1) is 0 Å². The van der Waals surface area contributed by atoms with E-state index in [-0.39, 0.29) is 12.9 Å². The molecular formula is C13H28O3Si. The smallest absolute Gasteiger partial charge is 0.146 e. The third-order valence-corrected chi connectivity index (χ3v) is 5.24. The van der Waals surface area contributed by atoms with Crippen LogP contribution in [-0.4, -0.2) is 39.3 Å². The Morgan fingerprint density at radius 3 is 2.35 bits per heavy atom. The number of hydrogen-bond donors (Lipinski definition) is 1. The summed E-state index contributed by atoms with van der Waals surface area (Å²) in [5, 5.41) is 11.4. The Morgan fingerprint density at radius 1 is 1.35 bits per heavy atom. The van der Waals surface area contributed by atoms with Crippen LogP contribution in [0.25, 0.3) is 0 Å². The molecule has 0 aromatic rings. The summed E-state index contributed by atoms with van der Waals surface area (Å²) in [7, 11) is 0.229. The highest BCUT2D eigenvalue weighted by Gasteiger charge is 2.25. The quantitative estimate of drug-likeness (QED) is 0.512. The van der Waals surface area contributed by atoms with Gasteiger partial charge in [0, 0.05) is 7.11 Å². The normalized spacial score (nSPS) is 15.6. The largest absolute Gasteiger partial charge is 0.390 e. The van der Waals surface area contributed by atoms with Crippen molar-refractivity contribution in [3.8, 4) is 0 Å². The molecule has 0 spiro atoms. The highest BCUT2D eigenvalue weighted by Crippen LogP contribution is 2.21. The van der Waals surface area contributed by atoms with Crippen molar-refractivity contribution in [3.63, 3.8) is 0 Å². The molecule has 1 N–H and O–H groups in total. The van der Waals surface area contributed by atoms with Gasteiger partial charge in [-0.15, -0.1) is 6.58 Å². The Kier molecular flexibility index (Phi) is 7.95. The second-order valence-corrected chi connectivity index (χ2v) is 10.7. The first-order valence-corrected chi connectivity index (χ1v) is 9.79. The Labute approximate surface area is 107 Å². The van der Waals surface area contributed by atoms with E-state index in [0.29, 0.717) is 6.42 Å². The zero-order valence-corrected chi connectivity index (χ0v) is 13.0. The van der Waals surface area contributed by atoms with Crippen LogP contribution in [0.3, 0.4) is 0 Å². The summed E-state index contributed by atoms with van der Waals surface area (Å²) in [5.41, 5.74) is 0. The maximum atomic E-state index is 10.2. The molecule has 0 saturated heterocycles. The molecule has 17 heavy (non-hydrogen) atoms. The van der Waals surface area contributed by atoms with Gasteiger partial charge in [-0.25, -0.2) is 0 Å². The maximum absolute atomic E-state index is 10.2. The molecule has 0 aliphatic carbocycles. The zero-order chi connectivity index (χ0) is 13.5. The minimum atomic E-state index is -1.36. The van der Waals surface area contributed by atoms with Crippen molar-refractivity contribution in [1.82, 2.24) is 0 Å². The first-order chi connectivity index (χ1) is 7.82. The molecule has 0 aromatic carbocycles. The average molecular weight is 260 g/mol. The summed E-state index contributed by atoms with van der Waals surface area (Å²) in [4.78, 5) is 0. The highest BCUT2D eigenvalue weighted by atomic mass is 28.3. The van der Waals surface area contributed by atoms with Crippen LogP contribution in [-0.2, 0) is 9.47 Å². The molecule has 0 fully saturated rings. The Morgan fingerprint density at radius 2 is 1.94 bits per heavy atom. The van der Waals surface area contributed by atoms with Crippen LogP contribution in [0.4, 0.5) is 0 Å². The van der Waals surface area contributed by atoms with Gasteiger partial charge in [-0.1, -0.05) is 38.2 Å². The van der Waals surface area contributed by atoms with Gasteiger partial charge < -0.3 is 14.6 Å². The van der Waals surface area contributed by atoms with Gasteiger partial charge in [0.25, 0.3) is 0 Å². The fourth-order valence-corrected chi connectivity index (χ4v) is 2.34. The maximum Gasteiger partial charge on any atom is 0.146 e. The minimum absolute atomic E-state index is 0.145. The highest BCUT2D eigenvalue weighted by molar-refractivity contribution is 6.82. The molecule has 102 valence electrons. The summed E-state index contributed by atoms with van der Waals surface area (Å²) in [5.74, 6) is 0. The molecule has 0 aliphatic rings. The van der Waals surface area contributed by atoms with Crippen molar-refractivity contribution in [2.45, 2.75) is 58.0 Å². The first-order valence-electron chi connectivity index (χ1n) is 6.29. The number of aliphatic hydroxyl groups excluding tert-OH is 1. The lowest BCUT2D eigenvalue weighted by atomic mass is 10.1. The van der Waals surface area contributed by atoms with Gasteiger partial charge >= 0.3 is 0 Å². The third kappa shape index (κ3) is 6.98. The van der Waals surface area contributed by atoms with E-state index >= 15 is 0 Å². The second kappa shape index (κ2) is 8.03. The van der Waals surface area contributed by atoms with Crippen molar-refractivity contribution < 1.29 is 14.6 Å². The Hall–Kier alpha value is -0.163. The van der Waals surface area contributed by atoms with Crippen LogP contribution in [0.1, 0.15) is 26.2 Å². The van der Waals surface area contributed by atoms with Crippen LogP contribution < -0.4 is 0 Å². The molecule has 0 amide bonds. The molecule has 3 nitrogen and oxygen atoms in total. The fourth-order valence-electron chi connectivity index (χ4n) is 1.52. The molecule has 0 aromatic heterocycles. The van der Waals surface area contributed by atoms with Crippen molar-refractivity contribution >= 4 is 8.07 Å². The zero-order valence-electron chi connectivity index (χ0n) is 12.0. The second-order valence-electron chi connectivity index (χ2n) is 5.53. The summed E-state index contributed by atoms with van der Waals surface area (Å²) in [6.45, 7) is 13.2. The summed E-state index contributed by atoms with van der Waals surface area (Å²) < 4.78 is 10.4. The topological polar surface area (TPSA) is 38.7 Å². The summed E-state index contributed by atoms with van der Waals surface area (Å²) in [6, 6.07) is 0. The predicted octanol–water partition coefficient (Wildman–Crippen LogP) is 2.96. The number of methoxy groups -OCH3 is 1. The third-order valence-electron chi connectivity index (χ3n) is 2.92. The first kappa shape index (κ1) is 16.8. The van der Waals surface area contributed by atoms with E-state index < -0.39 is 14.2 Å². The fraction of sp³-hybridized carbons (Fsp3) is 0.846.